The highest BCUT2D eigenvalue weighted by Crippen LogP contribution is 2.26. The van der Waals surface area contributed by atoms with Crippen LogP contribution in [0.2, 0.25) is 5.02 Å². The molecule has 1 aromatic carbocycles. The molecule has 100 valence electrons. The van der Waals surface area contributed by atoms with Crippen LogP contribution >= 0.6 is 11.6 Å². The molecular formula is C13H10ClN5O. The molecule has 0 radical (unpaired) electrons. The maximum atomic E-state index is 6.10. The minimum absolute atomic E-state index is 0.284. The van der Waals surface area contributed by atoms with E-state index in [1.165, 1.54) is 6.33 Å². The van der Waals surface area contributed by atoms with Crippen LogP contribution in [0, 0.1) is 0 Å². The van der Waals surface area contributed by atoms with Crippen LogP contribution in [0.5, 0.6) is 0 Å². The van der Waals surface area contributed by atoms with Crippen molar-refractivity contribution in [3.8, 4) is 11.5 Å². The molecule has 1 atom stereocenters. The molecule has 0 aliphatic rings. The van der Waals surface area contributed by atoms with Crippen molar-refractivity contribution >= 4 is 11.6 Å². The predicted molar refractivity (Wildman–Crippen MR) is 72.8 cm³/mol. The van der Waals surface area contributed by atoms with E-state index < -0.39 is 6.04 Å². The van der Waals surface area contributed by atoms with Crippen LogP contribution in [-0.2, 0) is 0 Å². The molecule has 3 rings (SSSR count). The second-order valence-electron chi connectivity index (χ2n) is 4.05. The SMILES string of the molecule is N[C@@H](c1nc(-c2ccncn2)no1)c1ccccc1Cl. The topological polar surface area (TPSA) is 90.7 Å². The molecule has 0 amide bonds. The highest BCUT2D eigenvalue weighted by atomic mass is 35.5. The number of hydrogen-bond donors (Lipinski definition) is 1. The lowest BCUT2D eigenvalue weighted by Crippen LogP contribution is -2.12. The summed E-state index contributed by atoms with van der Waals surface area (Å²) in [5.41, 5.74) is 7.39. The first-order valence-corrected chi connectivity index (χ1v) is 6.23. The highest BCUT2D eigenvalue weighted by molar-refractivity contribution is 6.31. The first kappa shape index (κ1) is 12.7. The number of aromatic nitrogens is 4. The molecule has 0 saturated heterocycles. The van der Waals surface area contributed by atoms with Crippen molar-refractivity contribution in [3.05, 3.63) is 59.3 Å². The molecule has 3 aromatic rings. The Morgan fingerprint density at radius 2 is 2.05 bits per heavy atom. The molecule has 0 saturated carbocycles. The van der Waals surface area contributed by atoms with Gasteiger partial charge in [0.2, 0.25) is 11.7 Å². The minimum Gasteiger partial charge on any atom is -0.337 e. The number of rotatable bonds is 3. The Hall–Kier alpha value is -2.31. The predicted octanol–water partition coefficient (Wildman–Crippen LogP) is 2.23. The summed E-state index contributed by atoms with van der Waals surface area (Å²) in [4.78, 5) is 12.1. The second kappa shape index (κ2) is 5.36. The maximum absolute atomic E-state index is 6.10. The Morgan fingerprint density at radius 1 is 1.20 bits per heavy atom. The van der Waals surface area contributed by atoms with E-state index >= 15 is 0 Å². The normalized spacial score (nSPS) is 12.3. The zero-order valence-electron chi connectivity index (χ0n) is 10.3. The van der Waals surface area contributed by atoms with Gasteiger partial charge in [0.25, 0.3) is 0 Å². The number of halogens is 1. The second-order valence-corrected chi connectivity index (χ2v) is 4.46. The molecule has 0 aliphatic carbocycles. The van der Waals surface area contributed by atoms with Crippen LogP contribution in [0.1, 0.15) is 17.5 Å². The van der Waals surface area contributed by atoms with Gasteiger partial charge in [-0.3, -0.25) is 0 Å². The Balaban J connectivity index is 1.93. The molecule has 2 N–H and O–H groups in total. The fourth-order valence-corrected chi connectivity index (χ4v) is 2.00. The van der Waals surface area contributed by atoms with Crippen molar-refractivity contribution in [1.29, 1.82) is 0 Å². The number of nitrogens with zero attached hydrogens (tertiary/aromatic N) is 4. The van der Waals surface area contributed by atoms with Crippen molar-refractivity contribution in [2.75, 3.05) is 0 Å². The molecule has 2 aromatic heterocycles. The zero-order chi connectivity index (χ0) is 13.9. The molecule has 0 spiro atoms. The largest absolute Gasteiger partial charge is 0.337 e. The lowest BCUT2D eigenvalue weighted by atomic mass is 10.1. The summed E-state index contributed by atoms with van der Waals surface area (Å²) in [5, 5.41) is 4.42. The van der Waals surface area contributed by atoms with Crippen molar-refractivity contribution < 1.29 is 4.52 Å². The van der Waals surface area contributed by atoms with Gasteiger partial charge in [0.05, 0.1) is 0 Å². The van der Waals surface area contributed by atoms with Crippen molar-refractivity contribution in [3.63, 3.8) is 0 Å². The van der Waals surface area contributed by atoms with Gasteiger partial charge in [-0.15, -0.1) is 0 Å². The molecule has 0 unspecified atom stereocenters. The van der Waals surface area contributed by atoms with E-state index in [4.69, 9.17) is 21.9 Å². The summed E-state index contributed by atoms with van der Waals surface area (Å²) < 4.78 is 5.19. The molecule has 7 heteroatoms. The summed E-state index contributed by atoms with van der Waals surface area (Å²) in [7, 11) is 0. The van der Waals surface area contributed by atoms with Crippen molar-refractivity contribution in [1.82, 2.24) is 20.1 Å². The van der Waals surface area contributed by atoms with Gasteiger partial charge in [0.15, 0.2) is 0 Å². The van der Waals surface area contributed by atoms with Gasteiger partial charge in [-0.1, -0.05) is 35.0 Å². The summed E-state index contributed by atoms with van der Waals surface area (Å²) in [5.74, 6) is 0.650. The van der Waals surface area contributed by atoms with E-state index in [2.05, 4.69) is 20.1 Å². The third kappa shape index (κ3) is 2.38. The van der Waals surface area contributed by atoms with Crippen LogP contribution < -0.4 is 5.73 Å². The number of benzene rings is 1. The van der Waals surface area contributed by atoms with Gasteiger partial charge >= 0.3 is 0 Å². The average molecular weight is 288 g/mol. The van der Waals surface area contributed by atoms with E-state index in [1.807, 2.05) is 18.2 Å². The van der Waals surface area contributed by atoms with Crippen molar-refractivity contribution in [2.45, 2.75) is 6.04 Å². The first-order valence-electron chi connectivity index (χ1n) is 5.85. The van der Waals surface area contributed by atoms with E-state index in [-0.39, 0.29) is 5.89 Å². The Bertz CT molecular complexity index is 716. The summed E-state index contributed by atoms with van der Waals surface area (Å²) >= 11 is 6.10. The van der Waals surface area contributed by atoms with Gasteiger partial charge in [0, 0.05) is 11.2 Å². The average Bonchev–Trinajstić information content (AvgIpc) is 2.98. The molecule has 2 heterocycles. The molecule has 6 nitrogen and oxygen atoms in total. The van der Waals surface area contributed by atoms with E-state index in [1.54, 1.807) is 18.3 Å². The van der Waals surface area contributed by atoms with Crippen LogP contribution in [-0.4, -0.2) is 20.1 Å². The van der Waals surface area contributed by atoms with Gasteiger partial charge in [0.1, 0.15) is 18.1 Å². The van der Waals surface area contributed by atoms with Gasteiger partial charge < -0.3 is 10.3 Å². The monoisotopic (exact) mass is 287 g/mol. The third-order valence-electron chi connectivity index (χ3n) is 2.76. The molecule has 0 fully saturated rings. The molecule has 0 bridgehead atoms. The van der Waals surface area contributed by atoms with Gasteiger partial charge in [-0.25, -0.2) is 9.97 Å². The number of hydrogen-bond acceptors (Lipinski definition) is 6. The fourth-order valence-electron chi connectivity index (χ4n) is 1.75. The van der Waals surface area contributed by atoms with Crippen LogP contribution in [0.15, 0.2) is 47.4 Å². The zero-order valence-corrected chi connectivity index (χ0v) is 11.0. The van der Waals surface area contributed by atoms with Crippen LogP contribution in [0.4, 0.5) is 0 Å². The van der Waals surface area contributed by atoms with Crippen molar-refractivity contribution in [2.24, 2.45) is 5.73 Å². The Morgan fingerprint density at radius 3 is 2.80 bits per heavy atom. The third-order valence-corrected chi connectivity index (χ3v) is 3.10. The summed E-state index contributed by atoms with van der Waals surface area (Å²) in [6.07, 6.45) is 3.02. The first-order chi connectivity index (χ1) is 9.75. The smallest absolute Gasteiger partial charge is 0.248 e. The number of nitrogens with two attached hydrogens (primary N) is 1. The minimum atomic E-state index is -0.577. The van der Waals surface area contributed by atoms with Crippen LogP contribution in [0.25, 0.3) is 11.5 Å². The van der Waals surface area contributed by atoms with E-state index in [0.29, 0.717) is 16.5 Å². The van der Waals surface area contributed by atoms with Gasteiger partial charge in [-0.05, 0) is 17.7 Å². The lowest BCUT2D eigenvalue weighted by molar-refractivity contribution is 0.367. The van der Waals surface area contributed by atoms with E-state index in [0.717, 1.165) is 5.56 Å². The standard InChI is InChI=1S/C13H10ClN5O/c14-9-4-2-1-3-8(9)11(15)13-18-12(19-20-13)10-5-6-16-7-17-10/h1-7,11H,15H2/t11-/m1/s1. The Kier molecular flexibility index (Phi) is 3.41. The van der Waals surface area contributed by atoms with E-state index in [9.17, 15) is 0 Å². The molecule has 20 heavy (non-hydrogen) atoms. The maximum Gasteiger partial charge on any atom is 0.248 e. The summed E-state index contributed by atoms with van der Waals surface area (Å²) in [6.45, 7) is 0. The van der Waals surface area contributed by atoms with Crippen LogP contribution in [0.3, 0.4) is 0 Å². The lowest BCUT2D eigenvalue weighted by Gasteiger charge is -2.08. The van der Waals surface area contributed by atoms with Gasteiger partial charge in [-0.2, -0.15) is 4.98 Å². The molecular weight excluding hydrogens is 278 g/mol. The summed E-state index contributed by atoms with van der Waals surface area (Å²) in [6, 6.07) is 8.38. The Labute approximate surface area is 119 Å². The molecule has 0 aliphatic heterocycles. The fraction of sp³-hybridized carbons (Fsp3) is 0.0769. The highest BCUT2D eigenvalue weighted by Gasteiger charge is 2.19. The quantitative estimate of drug-likeness (QED) is 0.794.